The van der Waals surface area contributed by atoms with Gasteiger partial charge in [-0.1, -0.05) is 18.2 Å². The number of carboxylic acid groups (broad SMARTS) is 2. The van der Waals surface area contributed by atoms with E-state index in [1.165, 1.54) is 0 Å². The van der Waals surface area contributed by atoms with Gasteiger partial charge in [-0.25, -0.2) is 9.59 Å². The van der Waals surface area contributed by atoms with Crippen LogP contribution in [0.25, 0.3) is 0 Å². The first kappa shape index (κ1) is 23.1. The quantitative estimate of drug-likeness (QED) is 0.384. The van der Waals surface area contributed by atoms with Gasteiger partial charge in [-0.3, -0.25) is 9.59 Å². The standard InChI is InChI=1S/C17H25N3O2.C2H2O4/c1-14(13-16(21)19-15-7-3-2-4-8-15)18-10-6-12-20-11-5-9-17(20)22;3-1(4)2(5)6/h2-4,7-8,14,18H,5-6,9-13H2,1H3,(H,19,21);(H,3,4)(H,5,6). The minimum absolute atomic E-state index is 0.0147. The molecule has 0 aliphatic carbocycles. The first-order valence-corrected chi connectivity index (χ1v) is 9.12. The number of hydrogen-bond acceptors (Lipinski definition) is 5. The topological polar surface area (TPSA) is 136 Å². The molecule has 154 valence electrons. The molecule has 1 saturated heterocycles. The maximum absolute atomic E-state index is 11.9. The van der Waals surface area contributed by atoms with Crippen LogP contribution in [0.4, 0.5) is 5.69 Å². The molecule has 1 aromatic carbocycles. The molecule has 1 unspecified atom stereocenters. The van der Waals surface area contributed by atoms with Crippen LogP contribution in [-0.2, 0) is 19.2 Å². The van der Waals surface area contributed by atoms with Gasteiger partial charge in [-0.15, -0.1) is 0 Å². The molecule has 2 rings (SSSR count). The second-order valence-electron chi connectivity index (χ2n) is 6.42. The van der Waals surface area contributed by atoms with Crippen LogP contribution in [0.5, 0.6) is 0 Å². The summed E-state index contributed by atoms with van der Waals surface area (Å²) in [6, 6.07) is 9.60. The molecule has 9 nitrogen and oxygen atoms in total. The molecule has 28 heavy (non-hydrogen) atoms. The van der Waals surface area contributed by atoms with Crippen molar-refractivity contribution in [2.75, 3.05) is 25.0 Å². The Bertz CT molecular complexity index is 653. The predicted molar refractivity (Wildman–Crippen MR) is 103 cm³/mol. The Labute approximate surface area is 163 Å². The summed E-state index contributed by atoms with van der Waals surface area (Å²) in [6.45, 7) is 4.54. The van der Waals surface area contributed by atoms with E-state index in [1.54, 1.807) is 0 Å². The average molecular weight is 393 g/mol. The van der Waals surface area contributed by atoms with Crippen LogP contribution in [0.15, 0.2) is 30.3 Å². The molecule has 0 spiro atoms. The van der Waals surface area contributed by atoms with E-state index in [1.807, 2.05) is 42.2 Å². The monoisotopic (exact) mass is 393 g/mol. The van der Waals surface area contributed by atoms with E-state index >= 15 is 0 Å². The van der Waals surface area contributed by atoms with Crippen molar-refractivity contribution in [1.29, 1.82) is 0 Å². The highest BCUT2D eigenvalue weighted by atomic mass is 16.4. The summed E-state index contributed by atoms with van der Waals surface area (Å²) in [7, 11) is 0. The van der Waals surface area contributed by atoms with Gasteiger partial charge >= 0.3 is 11.9 Å². The van der Waals surface area contributed by atoms with Crippen LogP contribution >= 0.6 is 0 Å². The molecular formula is C19H27N3O6. The van der Waals surface area contributed by atoms with E-state index in [4.69, 9.17) is 19.8 Å². The first-order chi connectivity index (χ1) is 13.3. The molecule has 1 fully saturated rings. The lowest BCUT2D eigenvalue weighted by Gasteiger charge is -2.17. The zero-order chi connectivity index (χ0) is 20.9. The van der Waals surface area contributed by atoms with Crippen molar-refractivity contribution in [3.8, 4) is 0 Å². The maximum atomic E-state index is 11.9. The molecule has 1 heterocycles. The summed E-state index contributed by atoms with van der Waals surface area (Å²) in [5, 5.41) is 21.0. The summed E-state index contributed by atoms with van der Waals surface area (Å²) in [4.78, 5) is 43.5. The van der Waals surface area contributed by atoms with Crippen molar-refractivity contribution in [2.45, 2.75) is 38.6 Å². The molecule has 0 radical (unpaired) electrons. The first-order valence-electron chi connectivity index (χ1n) is 9.12. The summed E-state index contributed by atoms with van der Waals surface area (Å²) >= 11 is 0. The van der Waals surface area contributed by atoms with Crippen molar-refractivity contribution < 1.29 is 29.4 Å². The number of benzene rings is 1. The van der Waals surface area contributed by atoms with Crippen molar-refractivity contribution in [1.82, 2.24) is 10.2 Å². The van der Waals surface area contributed by atoms with Gasteiger partial charge in [0.25, 0.3) is 0 Å². The summed E-state index contributed by atoms with van der Waals surface area (Å²) in [5.41, 5.74) is 0.826. The highest BCUT2D eigenvalue weighted by molar-refractivity contribution is 6.27. The minimum Gasteiger partial charge on any atom is -0.473 e. The fourth-order valence-corrected chi connectivity index (χ4v) is 2.64. The molecule has 0 saturated carbocycles. The van der Waals surface area contributed by atoms with Crippen LogP contribution in [0.2, 0.25) is 0 Å². The van der Waals surface area contributed by atoms with Crippen molar-refractivity contribution in [2.24, 2.45) is 0 Å². The number of rotatable bonds is 8. The lowest BCUT2D eigenvalue weighted by molar-refractivity contribution is -0.159. The largest absolute Gasteiger partial charge is 0.473 e. The Balaban J connectivity index is 0.000000568. The van der Waals surface area contributed by atoms with E-state index in [2.05, 4.69) is 10.6 Å². The lowest BCUT2D eigenvalue weighted by atomic mass is 10.2. The van der Waals surface area contributed by atoms with Gasteiger partial charge in [0, 0.05) is 37.7 Å². The van der Waals surface area contributed by atoms with Crippen molar-refractivity contribution >= 4 is 29.4 Å². The van der Waals surface area contributed by atoms with E-state index in [9.17, 15) is 9.59 Å². The molecule has 1 atom stereocenters. The van der Waals surface area contributed by atoms with Gasteiger partial charge in [0.2, 0.25) is 11.8 Å². The highest BCUT2D eigenvalue weighted by Crippen LogP contribution is 2.09. The number of carbonyl (C=O) groups is 4. The number of carbonyl (C=O) groups excluding carboxylic acids is 2. The number of nitrogens with one attached hydrogen (secondary N) is 2. The molecule has 2 amide bonds. The van der Waals surface area contributed by atoms with Gasteiger partial charge < -0.3 is 25.7 Å². The zero-order valence-electron chi connectivity index (χ0n) is 15.9. The summed E-state index contributed by atoms with van der Waals surface area (Å²) < 4.78 is 0. The molecule has 1 aliphatic rings. The fraction of sp³-hybridized carbons (Fsp3) is 0.474. The van der Waals surface area contributed by atoms with Gasteiger partial charge in [-0.2, -0.15) is 0 Å². The maximum Gasteiger partial charge on any atom is 0.414 e. The second-order valence-corrected chi connectivity index (χ2v) is 6.42. The van der Waals surface area contributed by atoms with Gasteiger partial charge in [0.15, 0.2) is 0 Å². The molecule has 1 aliphatic heterocycles. The SMILES string of the molecule is CC(CC(=O)Nc1ccccc1)NCCCN1CCCC1=O.O=C(O)C(=O)O. The minimum atomic E-state index is -1.82. The normalized spacial score (nSPS) is 14.0. The number of aliphatic carboxylic acids is 2. The van der Waals surface area contributed by atoms with Crippen LogP contribution in [-0.4, -0.2) is 64.5 Å². The Morgan fingerprint density at radius 3 is 2.32 bits per heavy atom. The zero-order valence-corrected chi connectivity index (χ0v) is 15.9. The third kappa shape index (κ3) is 9.67. The lowest BCUT2D eigenvalue weighted by Crippen LogP contribution is -2.33. The summed E-state index contributed by atoms with van der Waals surface area (Å²) in [6.07, 6.45) is 3.06. The molecular weight excluding hydrogens is 366 g/mol. The number of carboxylic acids is 2. The Morgan fingerprint density at radius 1 is 1.14 bits per heavy atom. The molecule has 0 aromatic heterocycles. The number of para-hydroxylation sites is 1. The Hall–Kier alpha value is -2.94. The third-order valence-electron chi connectivity index (χ3n) is 4.00. The van der Waals surface area contributed by atoms with Crippen LogP contribution in [0.1, 0.15) is 32.6 Å². The molecule has 4 N–H and O–H groups in total. The average Bonchev–Trinajstić information content (AvgIpc) is 3.05. The van der Waals surface area contributed by atoms with Gasteiger partial charge in [-0.05, 0) is 38.4 Å². The van der Waals surface area contributed by atoms with Crippen LogP contribution in [0, 0.1) is 0 Å². The van der Waals surface area contributed by atoms with Crippen LogP contribution < -0.4 is 10.6 Å². The predicted octanol–water partition coefficient (Wildman–Crippen LogP) is 1.16. The fourth-order valence-electron chi connectivity index (χ4n) is 2.64. The molecule has 9 heteroatoms. The number of hydrogen-bond donors (Lipinski definition) is 4. The number of nitrogens with zero attached hydrogens (tertiary/aromatic N) is 1. The van der Waals surface area contributed by atoms with Gasteiger partial charge in [0.1, 0.15) is 0 Å². The van der Waals surface area contributed by atoms with E-state index < -0.39 is 11.9 Å². The number of likely N-dealkylation sites (tertiary alicyclic amines) is 1. The van der Waals surface area contributed by atoms with Crippen LogP contribution in [0.3, 0.4) is 0 Å². The van der Waals surface area contributed by atoms with Crippen molar-refractivity contribution in [3.63, 3.8) is 0 Å². The Kier molecular flexibility index (Phi) is 10.3. The number of anilines is 1. The van der Waals surface area contributed by atoms with E-state index in [0.717, 1.165) is 38.2 Å². The summed E-state index contributed by atoms with van der Waals surface area (Å²) in [5.74, 6) is -3.36. The molecule has 1 aromatic rings. The second kappa shape index (κ2) is 12.4. The van der Waals surface area contributed by atoms with Crippen molar-refractivity contribution in [3.05, 3.63) is 30.3 Å². The number of amides is 2. The van der Waals surface area contributed by atoms with Gasteiger partial charge in [0.05, 0.1) is 0 Å². The third-order valence-corrected chi connectivity index (χ3v) is 4.00. The smallest absolute Gasteiger partial charge is 0.414 e. The highest BCUT2D eigenvalue weighted by Gasteiger charge is 2.19. The van der Waals surface area contributed by atoms with E-state index in [-0.39, 0.29) is 17.9 Å². The molecule has 0 bridgehead atoms. The Morgan fingerprint density at radius 2 is 1.79 bits per heavy atom. The van der Waals surface area contributed by atoms with E-state index in [0.29, 0.717) is 12.8 Å².